The van der Waals surface area contributed by atoms with Crippen molar-refractivity contribution < 1.29 is 4.74 Å². The smallest absolute Gasteiger partial charge is 0.0351 e. The van der Waals surface area contributed by atoms with Crippen LogP contribution in [0.3, 0.4) is 0 Å². The first-order valence-electron chi connectivity index (χ1n) is 8.13. The van der Waals surface area contributed by atoms with Gasteiger partial charge in [0.25, 0.3) is 0 Å². The number of methoxy groups -OCH3 is 1. The summed E-state index contributed by atoms with van der Waals surface area (Å²) in [7, 11) is 3.25. The Morgan fingerprint density at radius 2 is 1.82 bits per heavy atom. The van der Waals surface area contributed by atoms with Gasteiger partial charge in [0.2, 0.25) is 0 Å². The average molecular weight is 298 g/mol. The lowest BCUT2D eigenvalue weighted by Crippen LogP contribution is -2.12. The van der Waals surface area contributed by atoms with E-state index in [9.17, 15) is 0 Å². The summed E-state index contributed by atoms with van der Waals surface area (Å²) in [5, 5.41) is 0. The molecule has 1 aliphatic rings. The van der Waals surface area contributed by atoms with Crippen molar-refractivity contribution in [2.45, 2.75) is 46.5 Å². The van der Waals surface area contributed by atoms with Gasteiger partial charge in [-0.15, -0.1) is 5.73 Å². The number of ether oxygens (including phenoxy) is 1. The molecule has 0 aliphatic heterocycles. The molecule has 0 aromatic heterocycles. The molecule has 0 saturated heterocycles. The molecule has 1 aromatic carbocycles. The number of allylic oxidation sites excluding steroid dienone is 1. The van der Waals surface area contributed by atoms with Crippen LogP contribution in [0.15, 0.2) is 30.0 Å². The fourth-order valence-corrected chi connectivity index (χ4v) is 3.46. The van der Waals surface area contributed by atoms with Crippen LogP contribution in [0.4, 0.5) is 0 Å². The number of fused-ring (bicyclic) bond motifs is 1. The van der Waals surface area contributed by atoms with E-state index in [-0.39, 0.29) is 0 Å². The van der Waals surface area contributed by atoms with Crippen LogP contribution in [0.1, 0.15) is 61.8 Å². The van der Waals surface area contributed by atoms with Crippen LogP contribution in [0, 0.1) is 12.8 Å². The molecule has 1 heteroatoms. The second-order valence-electron chi connectivity index (χ2n) is 6.00. The summed E-state index contributed by atoms with van der Waals surface area (Å²) >= 11 is 0. The predicted molar refractivity (Wildman–Crippen MR) is 98.2 cm³/mol. The van der Waals surface area contributed by atoms with Crippen LogP contribution in [0.25, 0.3) is 12.2 Å². The topological polar surface area (TPSA) is 9.23 Å². The fraction of sp³-hybridized carbons (Fsp3) is 0.476. The molecule has 2 rings (SSSR count). The molecule has 1 atom stereocenters. The van der Waals surface area contributed by atoms with Gasteiger partial charge in [0.05, 0.1) is 0 Å². The molecule has 0 spiro atoms. The minimum Gasteiger partial charge on any atom is -0.388 e. The Labute approximate surface area is 136 Å². The average Bonchev–Trinajstić information content (AvgIpc) is 2.82. The minimum absolute atomic E-state index is 0.574. The largest absolute Gasteiger partial charge is 0.388 e. The molecule has 1 unspecified atom stereocenters. The molecule has 120 valence electrons. The maximum Gasteiger partial charge on any atom is 0.0351 e. The maximum absolute atomic E-state index is 4.25. The number of hydrogen-bond donors (Lipinski definition) is 0. The zero-order valence-electron chi connectivity index (χ0n) is 15.0. The zero-order valence-corrected chi connectivity index (χ0v) is 15.0. The number of hydrogen-bond acceptors (Lipinski definition) is 1. The molecule has 1 aromatic rings. The van der Waals surface area contributed by atoms with Gasteiger partial charge in [-0.05, 0) is 48.1 Å². The Morgan fingerprint density at radius 3 is 2.32 bits per heavy atom. The maximum atomic E-state index is 4.25. The van der Waals surface area contributed by atoms with Gasteiger partial charge >= 0.3 is 0 Å². The second kappa shape index (κ2) is 8.78. The second-order valence-corrected chi connectivity index (χ2v) is 6.00. The predicted octanol–water partition coefficient (Wildman–Crippen LogP) is 5.99. The molecule has 0 bridgehead atoms. The molecule has 1 nitrogen and oxygen atoms in total. The quantitative estimate of drug-likeness (QED) is 0.620. The highest BCUT2D eigenvalue weighted by molar-refractivity contribution is 5.74. The van der Waals surface area contributed by atoms with Crippen molar-refractivity contribution >= 4 is 12.2 Å². The third-order valence-electron chi connectivity index (χ3n) is 4.49. The number of rotatable bonds is 4. The van der Waals surface area contributed by atoms with E-state index in [0.717, 1.165) is 5.92 Å². The van der Waals surface area contributed by atoms with E-state index in [4.69, 9.17) is 0 Å². The van der Waals surface area contributed by atoms with Gasteiger partial charge < -0.3 is 4.74 Å². The third kappa shape index (κ3) is 3.80. The Balaban J connectivity index is 0.000000745. The summed E-state index contributed by atoms with van der Waals surface area (Å²) in [5.74, 6) is 1.31. The first-order chi connectivity index (χ1) is 10.5. The van der Waals surface area contributed by atoms with Crippen molar-refractivity contribution in [3.63, 3.8) is 0 Å². The molecule has 0 fully saturated rings. The Bertz CT molecular complexity index is 570. The van der Waals surface area contributed by atoms with Gasteiger partial charge in [0.1, 0.15) is 0 Å². The highest BCUT2D eigenvalue weighted by Crippen LogP contribution is 2.45. The van der Waals surface area contributed by atoms with Crippen molar-refractivity contribution in [2.24, 2.45) is 5.92 Å². The normalized spacial score (nSPS) is 15.6. The summed E-state index contributed by atoms with van der Waals surface area (Å²) in [4.78, 5) is 0. The molecule has 22 heavy (non-hydrogen) atoms. The summed E-state index contributed by atoms with van der Waals surface area (Å²) in [5.41, 5.74) is 10.0. The van der Waals surface area contributed by atoms with Crippen LogP contribution in [-0.4, -0.2) is 14.2 Å². The number of aryl methyl sites for hydroxylation is 1. The van der Waals surface area contributed by atoms with Gasteiger partial charge in [-0.1, -0.05) is 57.0 Å². The first-order valence-corrected chi connectivity index (χ1v) is 8.13. The lowest BCUT2D eigenvalue weighted by atomic mass is 9.78. The van der Waals surface area contributed by atoms with E-state index in [1.807, 2.05) is 0 Å². The number of benzene rings is 1. The minimum atomic E-state index is 0.574. The Hall–Kier alpha value is -1.56. The standard InChI is InChI=1S/C19H24.C2H6O/c1-6-9-17-13(4)10-11-16-12-14(5)18(19(16)17)15(7-2)8-3;1-3-2/h9-12,15,18H,1,7-8H2,2-5H3;1-2H3. The highest BCUT2D eigenvalue weighted by Gasteiger charge is 2.30. The lowest BCUT2D eigenvalue weighted by molar-refractivity contribution is 0.277. The van der Waals surface area contributed by atoms with Crippen molar-refractivity contribution in [3.8, 4) is 0 Å². The van der Waals surface area contributed by atoms with E-state index in [1.54, 1.807) is 14.2 Å². The third-order valence-corrected chi connectivity index (χ3v) is 4.49. The monoisotopic (exact) mass is 298 g/mol. The summed E-state index contributed by atoms with van der Waals surface area (Å²) in [6.45, 7) is 12.8. The van der Waals surface area contributed by atoms with Crippen LogP contribution in [0.2, 0.25) is 0 Å². The highest BCUT2D eigenvalue weighted by atomic mass is 16.4. The van der Waals surface area contributed by atoms with Crippen molar-refractivity contribution in [3.05, 3.63) is 52.3 Å². The van der Waals surface area contributed by atoms with E-state index in [2.05, 4.69) is 69.0 Å². The van der Waals surface area contributed by atoms with Crippen LogP contribution < -0.4 is 0 Å². The van der Waals surface area contributed by atoms with Crippen LogP contribution in [0.5, 0.6) is 0 Å². The molecule has 0 heterocycles. The zero-order chi connectivity index (χ0) is 16.7. The van der Waals surface area contributed by atoms with Gasteiger partial charge in [-0.2, -0.15) is 0 Å². The van der Waals surface area contributed by atoms with E-state index in [0.29, 0.717) is 5.92 Å². The van der Waals surface area contributed by atoms with Crippen LogP contribution in [-0.2, 0) is 4.74 Å². The van der Waals surface area contributed by atoms with Gasteiger partial charge in [-0.25, -0.2) is 0 Å². The van der Waals surface area contributed by atoms with Crippen molar-refractivity contribution in [1.29, 1.82) is 0 Å². The first kappa shape index (κ1) is 18.5. The molecule has 0 amide bonds. The molecule has 0 N–H and O–H groups in total. The molecular weight excluding hydrogens is 268 g/mol. The van der Waals surface area contributed by atoms with Crippen LogP contribution >= 0.6 is 0 Å². The fourth-order valence-electron chi connectivity index (χ4n) is 3.46. The molecule has 0 saturated carbocycles. The summed E-state index contributed by atoms with van der Waals surface area (Å²) < 4.78 is 4.25. The summed E-state index contributed by atoms with van der Waals surface area (Å²) in [6.07, 6.45) is 6.88. The van der Waals surface area contributed by atoms with E-state index in [1.165, 1.54) is 40.7 Å². The van der Waals surface area contributed by atoms with Crippen molar-refractivity contribution in [1.82, 2.24) is 0 Å². The van der Waals surface area contributed by atoms with E-state index >= 15 is 0 Å². The van der Waals surface area contributed by atoms with Gasteiger partial charge in [-0.3, -0.25) is 0 Å². The van der Waals surface area contributed by atoms with Gasteiger partial charge in [0.15, 0.2) is 0 Å². The van der Waals surface area contributed by atoms with E-state index < -0.39 is 0 Å². The van der Waals surface area contributed by atoms with Gasteiger partial charge in [0, 0.05) is 20.1 Å². The SMILES string of the molecule is C=C=Cc1c(C)ccc2c1C(C(CC)CC)C(C)=C2.COC. The lowest BCUT2D eigenvalue weighted by Gasteiger charge is -2.26. The Morgan fingerprint density at radius 1 is 1.23 bits per heavy atom. The molecule has 0 radical (unpaired) electrons. The summed E-state index contributed by atoms with van der Waals surface area (Å²) in [6, 6.07) is 4.47. The molecular formula is C21H30O. The van der Waals surface area contributed by atoms with Crippen molar-refractivity contribution in [2.75, 3.05) is 14.2 Å². The molecule has 1 aliphatic carbocycles. The Kier molecular flexibility index (Phi) is 7.38.